The van der Waals surface area contributed by atoms with Crippen molar-refractivity contribution >= 4 is 45.0 Å². The van der Waals surface area contributed by atoms with Gasteiger partial charge in [-0.1, -0.05) is 68.6 Å². The minimum absolute atomic E-state index is 0.0759. The zero-order chi connectivity index (χ0) is 26.2. The highest BCUT2D eigenvalue weighted by Gasteiger charge is 2.35. The van der Waals surface area contributed by atoms with Gasteiger partial charge in [0.25, 0.3) is 5.91 Å². The monoisotopic (exact) mass is 599 g/mol. The largest absolute Gasteiger partial charge is 0.388 e. The summed E-state index contributed by atoms with van der Waals surface area (Å²) in [5.41, 5.74) is 3.33. The van der Waals surface area contributed by atoms with Crippen molar-refractivity contribution in [1.29, 1.82) is 0 Å². The maximum atomic E-state index is 13.2. The fourth-order valence-electron chi connectivity index (χ4n) is 4.53. The van der Waals surface area contributed by atoms with E-state index in [1.807, 2.05) is 49.4 Å². The van der Waals surface area contributed by atoms with Crippen molar-refractivity contribution < 1.29 is 9.90 Å². The Bertz CT molecular complexity index is 1450. The molecule has 1 aliphatic heterocycles. The number of benzene rings is 2. The molecule has 1 saturated heterocycles. The number of hydrogen-bond donors (Lipinski definition) is 1. The average Bonchev–Trinajstić information content (AvgIpc) is 3.33. The van der Waals surface area contributed by atoms with Crippen molar-refractivity contribution in [3.05, 3.63) is 86.6 Å². The fraction of sp³-hybridized carbons (Fsp3) is 0.259. The van der Waals surface area contributed by atoms with Crippen LogP contribution < -0.4 is 0 Å². The molecule has 7 nitrogen and oxygen atoms in total. The second-order valence-corrected chi connectivity index (χ2v) is 11.0. The molecule has 0 radical (unpaired) electrons. The van der Waals surface area contributed by atoms with E-state index >= 15 is 0 Å². The molecule has 0 aliphatic carbocycles. The first-order valence-electron chi connectivity index (χ1n) is 11.8. The van der Waals surface area contributed by atoms with E-state index < -0.39 is 5.60 Å². The standard InChI is InChI=1S/C27H24BrCl2N5O2/c1-17-20(9-10-23(31-17)18-5-7-19(28)8-6-18)26(36)34-13-11-27(37,12-14-34)16-35-15-24(32-33-35)21-3-2-4-22(29)25(21)30/h2-10,15,37H,11-14,16H2,1H3. The Morgan fingerprint density at radius 2 is 1.78 bits per heavy atom. The number of carbonyl (C=O) groups excluding carboxylic acids is 1. The number of likely N-dealkylation sites (tertiary alicyclic amines) is 1. The lowest BCUT2D eigenvalue weighted by Gasteiger charge is -2.38. The number of hydrogen-bond acceptors (Lipinski definition) is 5. The van der Waals surface area contributed by atoms with Crippen LogP contribution in [0.1, 0.15) is 28.9 Å². The quantitative estimate of drug-likeness (QED) is 0.301. The molecule has 0 saturated carbocycles. The minimum atomic E-state index is -1.00. The van der Waals surface area contributed by atoms with Crippen LogP contribution >= 0.6 is 39.1 Å². The fourth-order valence-corrected chi connectivity index (χ4v) is 5.19. The molecule has 5 rings (SSSR count). The first kappa shape index (κ1) is 25.9. The van der Waals surface area contributed by atoms with Gasteiger partial charge in [0.15, 0.2) is 0 Å². The SMILES string of the molecule is Cc1nc(-c2ccc(Br)cc2)ccc1C(=O)N1CCC(O)(Cn2cc(-c3cccc(Cl)c3Cl)nn2)CC1. The van der Waals surface area contributed by atoms with Crippen LogP contribution in [0, 0.1) is 6.92 Å². The zero-order valence-electron chi connectivity index (χ0n) is 20.0. The summed E-state index contributed by atoms with van der Waals surface area (Å²) in [4.78, 5) is 19.7. The average molecular weight is 601 g/mol. The number of carbonyl (C=O) groups is 1. The van der Waals surface area contributed by atoms with Gasteiger partial charge in [-0.15, -0.1) is 5.10 Å². The molecule has 3 heterocycles. The van der Waals surface area contributed by atoms with Gasteiger partial charge in [-0.3, -0.25) is 9.78 Å². The molecule has 0 atom stereocenters. The van der Waals surface area contributed by atoms with Crippen LogP contribution in [-0.2, 0) is 6.54 Å². The highest BCUT2D eigenvalue weighted by atomic mass is 79.9. The summed E-state index contributed by atoms with van der Waals surface area (Å²) in [6.07, 6.45) is 2.60. The molecule has 1 amide bonds. The number of halogens is 3. The van der Waals surface area contributed by atoms with Gasteiger partial charge in [-0.05, 0) is 50.1 Å². The predicted octanol–water partition coefficient (Wildman–Crippen LogP) is 6.05. The van der Waals surface area contributed by atoms with Gasteiger partial charge >= 0.3 is 0 Å². The lowest BCUT2D eigenvalue weighted by atomic mass is 9.91. The van der Waals surface area contributed by atoms with E-state index in [-0.39, 0.29) is 12.5 Å². The molecule has 2 aromatic carbocycles. The summed E-state index contributed by atoms with van der Waals surface area (Å²) >= 11 is 15.9. The topological polar surface area (TPSA) is 84.1 Å². The van der Waals surface area contributed by atoms with Crippen molar-refractivity contribution in [2.45, 2.75) is 31.9 Å². The Morgan fingerprint density at radius 1 is 1.05 bits per heavy atom. The second kappa shape index (κ2) is 10.5. The van der Waals surface area contributed by atoms with E-state index in [0.29, 0.717) is 58.5 Å². The van der Waals surface area contributed by atoms with Gasteiger partial charge in [0.2, 0.25) is 0 Å². The summed E-state index contributed by atoms with van der Waals surface area (Å²) < 4.78 is 2.61. The van der Waals surface area contributed by atoms with Crippen molar-refractivity contribution in [1.82, 2.24) is 24.9 Å². The van der Waals surface area contributed by atoms with Crippen LogP contribution in [-0.4, -0.2) is 54.6 Å². The van der Waals surface area contributed by atoms with Crippen LogP contribution in [0.3, 0.4) is 0 Å². The molecule has 4 aromatic rings. The molecule has 2 aromatic heterocycles. The molecule has 0 spiro atoms. The predicted molar refractivity (Wildman–Crippen MR) is 148 cm³/mol. The summed E-state index contributed by atoms with van der Waals surface area (Å²) in [5, 5.41) is 20.4. The van der Waals surface area contributed by atoms with Crippen molar-refractivity contribution in [2.75, 3.05) is 13.1 Å². The molecule has 190 valence electrons. The maximum Gasteiger partial charge on any atom is 0.255 e. The number of rotatable bonds is 5. The molecule has 1 fully saturated rings. The zero-order valence-corrected chi connectivity index (χ0v) is 23.1. The summed E-state index contributed by atoms with van der Waals surface area (Å²) in [7, 11) is 0. The number of aromatic nitrogens is 4. The Kier molecular flexibility index (Phi) is 7.36. The smallest absolute Gasteiger partial charge is 0.255 e. The van der Waals surface area contributed by atoms with E-state index in [1.165, 1.54) is 0 Å². The molecular weight excluding hydrogens is 577 g/mol. The Morgan fingerprint density at radius 3 is 2.49 bits per heavy atom. The van der Waals surface area contributed by atoms with Crippen LogP contribution in [0.2, 0.25) is 10.0 Å². The number of piperidine rings is 1. The van der Waals surface area contributed by atoms with Crippen LogP contribution in [0.25, 0.3) is 22.5 Å². The van der Waals surface area contributed by atoms with Crippen LogP contribution in [0.5, 0.6) is 0 Å². The van der Waals surface area contributed by atoms with Gasteiger partial charge in [-0.2, -0.15) is 0 Å². The number of nitrogens with zero attached hydrogens (tertiary/aromatic N) is 5. The maximum absolute atomic E-state index is 13.2. The summed E-state index contributed by atoms with van der Waals surface area (Å²) in [6, 6.07) is 16.9. The Balaban J connectivity index is 1.23. The minimum Gasteiger partial charge on any atom is -0.388 e. The molecular formula is C27H24BrCl2N5O2. The number of amides is 1. The Hall–Kier alpha value is -2.78. The van der Waals surface area contributed by atoms with E-state index in [0.717, 1.165) is 15.7 Å². The van der Waals surface area contributed by atoms with Crippen molar-refractivity contribution in [2.24, 2.45) is 0 Å². The second-order valence-electron chi connectivity index (χ2n) is 9.26. The lowest BCUT2D eigenvalue weighted by Crippen LogP contribution is -2.48. The van der Waals surface area contributed by atoms with Gasteiger partial charge in [0.05, 0.1) is 45.3 Å². The van der Waals surface area contributed by atoms with Crippen molar-refractivity contribution in [3.8, 4) is 22.5 Å². The third kappa shape index (κ3) is 5.57. The molecule has 0 unspecified atom stereocenters. The lowest BCUT2D eigenvalue weighted by molar-refractivity contribution is -0.0318. The summed E-state index contributed by atoms with van der Waals surface area (Å²) in [5.74, 6) is -0.0759. The van der Waals surface area contributed by atoms with Crippen LogP contribution in [0.4, 0.5) is 0 Å². The van der Waals surface area contributed by atoms with Gasteiger partial charge in [0.1, 0.15) is 5.69 Å². The van der Waals surface area contributed by atoms with Gasteiger partial charge < -0.3 is 10.0 Å². The van der Waals surface area contributed by atoms with Gasteiger partial charge in [-0.25, -0.2) is 4.68 Å². The van der Waals surface area contributed by atoms with Gasteiger partial charge in [0, 0.05) is 28.7 Å². The molecule has 1 aliphatic rings. The molecule has 0 bridgehead atoms. The number of pyridine rings is 1. The molecule has 1 N–H and O–H groups in total. The number of aryl methyl sites for hydroxylation is 1. The van der Waals surface area contributed by atoms with Crippen LogP contribution in [0.15, 0.2) is 65.3 Å². The number of aliphatic hydroxyl groups is 1. The highest BCUT2D eigenvalue weighted by Crippen LogP contribution is 2.33. The summed E-state index contributed by atoms with van der Waals surface area (Å²) in [6.45, 7) is 2.99. The molecule has 37 heavy (non-hydrogen) atoms. The van der Waals surface area contributed by atoms with E-state index in [2.05, 4.69) is 31.2 Å². The highest BCUT2D eigenvalue weighted by molar-refractivity contribution is 9.10. The normalized spacial score (nSPS) is 15.1. The first-order chi connectivity index (χ1) is 17.7. The Labute approximate surface area is 233 Å². The first-order valence-corrected chi connectivity index (χ1v) is 13.4. The molecule has 10 heteroatoms. The third-order valence-corrected chi connectivity index (χ3v) is 8.01. The van der Waals surface area contributed by atoms with E-state index in [9.17, 15) is 9.90 Å². The van der Waals surface area contributed by atoms with E-state index in [4.69, 9.17) is 23.2 Å². The van der Waals surface area contributed by atoms with E-state index in [1.54, 1.807) is 27.9 Å². The third-order valence-electron chi connectivity index (χ3n) is 6.66. The van der Waals surface area contributed by atoms with Crippen molar-refractivity contribution in [3.63, 3.8) is 0 Å².